The molecule has 1 aliphatic rings. The second kappa shape index (κ2) is 11.9. The number of hydrogen-bond acceptors (Lipinski definition) is 7. The summed E-state index contributed by atoms with van der Waals surface area (Å²) in [6.07, 6.45) is 1.68. The second-order valence-corrected chi connectivity index (χ2v) is 12.2. The zero-order valence-electron chi connectivity index (χ0n) is 25.9. The summed E-state index contributed by atoms with van der Waals surface area (Å²) in [5.74, 6) is -0.981. The Hall–Kier alpha value is -4.83. The highest BCUT2D eigenvalue weighted by molar-refractivity contribution is 5.82. The van der Waals surface area contributed by atoms with Crippen LogP contribution >= 0.6 is 0 Å². The van der Waals surface area contributed by atoms with Crippen molar-refractivity contribution in [1.82, 2.24) is 19.6 Å². The summed E-state index contributed by atoms with van der Waals surface area (Å²) in [6.45, 7) is 9.84. The van der Waals surface area contributed by atoms with Crippen molar-refractivity contribution >= 4 is 11.6 Å². The molecule has 0 aliphatic carbocycles. The third-order valence-electron chi connectivity index (χ3n) is 7.74. The minimum absolute atomic E-state index is 0.244. The normalized spacial score (nSPS) is 13.7. The highest BCUT2D eigenvalue weighted by atomic mass is 19.1. The molecule has 0 bridgehead atoms. The van der Waals surface area contributed by atoms with Gasteiger partial charge in [0.25, 0.3) is 0 Å². The van der Waals surface area contributed by atoms with Crippen LogP contribution in [0.5, 0.6) is 11.6 Å². The molecule has 3 aromatic heterocycles. The maximum absolute atomic E-state index is 15.6. The van der Waals surface area contributed by atoms with Crippen LogP contribution in [0.2, 0.25) is 0 Å². The van der Waals surface area contributed by atoms with E-state index < -0.39 is 23.5 Å². The average Bonchev–Trinajstić information content (AvgIpc) is 3.44. The molecule has 6 rings (SSSR count). The van der Waals surface area contributed by atoms with Crippen LogP contribution in [-0.4, -0.2) is 42.9 Å². The predicted molar refractivity (Wildman–Crippen MR) is 167 cm³/mol. The van der Waals surface area contributed by atoms with Crippen LogP contribution in [0.25, 0.3) is 28.2 Å². The SMILES string of the molecule is Cc1nc2cc(-c3ccc(OCc4ccccc4)nc3)nn2c(-c2cc(F)c3c(c2C)CCCO3)c1C(OC(C)(C)C)C(=O)O. The molecule has 1 aliphatic heterocycles. The van der Waals surface area contributed by atoms with E-state index >= 15 is 4.39 Å². The third-order valence-corrected chi connectivity index (χ3v) is 7.74. The summed E-state index contributed by atoms with van der Waals surface area (Å²) < 4.78 is 34.8. The summed E-state index contributed by atoms with van der Waals surface area (Å²) in [4.78, 5) is 22.0. The Morgan fingerprint density at radius 3 is 2.60 bits per heavy atom. The quantitative estimate of drug-likeness (QED) is 0.199. The standard InChI is InChI=1S/C35H35FN4O5/c1-20-24-12-9-15-43-32(24)26(36)16-25(20)31-30(33(34(41)42)45-35(3,4)5)21(2)38-28-17-27(39-40(28)31)23-13-14-29(37-18-23)44-19-22-10-7-6-8-11-22/h6-8,10-11,13-14,16-18,33H,9,12,15,19H2,1-5H3,(H,41,42). The number of aromatic nitrogens is 4. The van der Waals surface area contributed by atoms with Gasteiger partial charge in [-0.25, -0.2) is 23.7 Å². The largest absolute Gasteiger partial charge is 0.490 e. The molecule has 9 nitrogen and oxygen atoms in total. The van der Waals surface area contributed by atoms with E-state index in [9.17, 15) is 9.90 Å². The lowest BCUT2D eigenvalue weighted by molar-refractivity contribution is -0.160. The number of pyridine rings is 1. The van der Waals surface area contributed by atoms with Gasteiger partial charge in [0.1, 0.15) is 6.61 Å². The van der Waals surface area contributed by atoms with Crippen LogP contribution in [0, 0.1) is 19.7 Å². The van der Waals surface area contributed by atoms with Crippen molar-refractivity contribution in [2.75, 3.05) is 6.61 Å². The van der Waals surface area contributed by atoms with Crippen molar-refractivity contribution in [2.24, 2.45) is 0 Å². The van der Waals surface area contributed by atoms with Crippen molar-refractivity contribution in [3.8, 4) is 34.1 Å². The van der Waals surface area contributed by atoms with Gasteiger partial charge in [0.15, 0.2) is 23.3 Å². The number of aryl methyl sites for hydroxylation is 1. The third kappa shape index (κ3) is 6.10. The Bertz CT molecular complexity index is 1880. The first-order chi connectivity index (χ1) is 21.5. The zero-order valence-corrected chi connectivity index (χ0v) is 25.9. The molecule has 0 spiro atoms. The first-order valence-corrected chi connectivity index (χ1v) is 14.9. The number of hydrogen-bond donors (Lipinski definition) is 1. The van der Waals surface area contributed by atoms with E-state index in [1.165, 1.54) is 6.07 Å². The fourth-order valence-corrected chi connectivity index (χ4v) is 5.69. The van der Waals surface area contributed by atoms with Gasteiger partial charge in [-0.3, -0.25) is 0 Å². The Morgan fingerprint density at radius 1 is 1.13 bits per heavy atom. The number of carbonyl (C=O) groups is 1. The van der Waals surface area contributed by atoms with Crippen LogP contribution in [0.15, 0.2) is 60.8 Å². The van der Waals surface area contributed by atoms with E-state index in [4.69, 9.17) is 24.3 Å². The maximum Gasteiger partial charge on any atom is 0.337 e. The molecular weight excluding hydrogens is 575 g/mol. The summed E-state index contributed by atoms with van der Waals surface area (Å²) in [5.41, 5.74) is 5.18. The van der Waals surface area contributed by atoms with Gasteiger partial charge in [0.2, 0.25) is 5.88 Å². The first-order valence-electron chi connectivity index (χ1n) is 14.9. The summed E-state index contributed by atoms with van der Waals surface area (Å²) in [5, 5.41) is 15.3. The van der Waals surface area contributed by atoms with Crippen molar-refractivity contribution < 1.29 is 28.5 Å². The maximum atomic E-state index is 15.6. The first kappa shape index (κ1) is 30.2. The van der Waals surface area contributed by atoms with Gasteiger partial charge in [-0.2, -0.15) is 5.10 Å². The molecule has 5 aromatic rings. The number of benzene rings is 2. The van der Waals surface area contributed by atoms with Gasteiger partial charge in [-0.1, -0.05) is 30.3 Å². The molecule has 0 saturated carbocycles. The minimum Gasteiger partial charge on any atom is -0.490 e. The predicted octanol–water partition coefficient (Wildman–Crippen LogP) is 7.06. The highest BCUT2D eigenvalue weighted by Crippen LogP contribution is 2.42. The number of rotatable bonds is 8. The highest BCUT2D eigenvalue weighted by Gasteiger charge is 2.34. The van der Waals surface area contributed by atoms with Crippen LogP contribution in [0.4, 0.5) is 4.39 Å². The molecule has 1 N–H and O–H groups in total. The number of carboxylic acid groups (broad SMARTS) is 1. The van der Waals surface area contributed by atoms with E-state index in [-0.39, 0.29) is 5.75 Å². The van der Waals surface area contributed by atoms with E-state index in [2.05, 4.69) is 4.98 Å². The summed E-state index contributed by atoms with van der Waals surface area (Å²) >= 11 is 0. The topological polar surface area (TPSA) is 108 Å². The van der Waals surface area contributed by atoms with Crippen LogP contribution in [0.3, 0.4) is 0 Å². The molecule has 0 saturated heterocycles. The fraction of sp³-hybridized carbons (Fsp3) is 0.314. The number of nitrogens with zero attached hydrogens (tertiary/aromatic N) is 4. The number of fused-ring (bicyclic) bond motifs is 2. The Labute approximate surface area is 260 Å². The lowest BCUT2D eigenvalue weighted by Crippen LogP contribution is -2.29. The Kier molecular flexibility index (Phi) is 8.01. The van der Waals surface area contributed by atoms with Gasteiger partial charge in [-0.15, -0.1) is 0 Å². The summed E-state index contributed by atoms with van der Waals surface area (Å²) in [6, 6.07) is 16.6. The second-order valence-electron chi connectivity index (χ2n) is 12.2. The van der Waals surface area contributed by atoms with Gasteiger partial charge in [-0.05, 0) is 70.7 Å². The number of ether oxygens (including phenoxy) is 3. The minimum atomic E-state index is -1.39. The van der Waals surface area contributed by atoms with Gasteiger partial charge < -0.3 is 19.3 Å². The molecule has 232 valence electrons. The number of carboxylic acids is 1. The van der Waals surface area contributed by atoms with E-state index in [1.54, 1.807) is 50.5 Å². The Morgan fingerprint density at radius 2 is 1.91 bits per heavy atom. The van der Waals surface area contributed by atoms with E-state index in [0.717, 1.165) is 23.1 Å². The van der Waals surface area contributed by atoms with Crippen LogP contribution in [0.1, 0.15) is 61.2 Å². The molecule has 0 fully saturated rings. The molecule has 2 aromatic carbocycles. The molecule has 1 atom stereocenters. The molecule has 0 radical (unpaired) electrons. The van der Waals surface area contributed by atoms with Gasteiger partial charge in [0, 0.05) is 46.3 Å². The smallest absolute Gasteiger partial charge is 0.337 e. The summed E-state index contributed by atoms with van der Waals surface area (Å²) in [7, 11) is 0. The average molecular weight is 611 g/mol. The van der Waals surface area contributed by atoms with Crippen molar-refractivity contribution in [3.05, 3.63) is 94.6 Å². The molecule has 4 heterocycles. The van der Waals surface area contributed by atoms with Crippen LogP contribution < -0.4 is 9.47 Å². The van der Waals surface area contributed by atoms with Crippen molar-refractivity contribution in [1.29, 1.82) is 0 Å². The lowest BCUT2D eigenvalue weighted by Gasteiger charge is -2.28. The fourth-order valence-electron chi connectivity index (χ4n) is 5.69. The molecule has 0 amide bonds. The number of halogens is 1. The molecule has 1 unspecified atom stereocenters. The molecular formula is C35H35FN4O5. The van der Waals surface area contributed by atoms with Crippen molar-refractivity contribution in [2.45, 2.75) is 65.8 Å². The van der Waals surface area contributed by atoms with Gasteiger partial charge >= 0.3 is 5.97 Å². The van der Waals surface area contributed by atoms with Gasteiger partial charge in [0.05, 0.1) is 23.6 Å². The monoisotopic (exact) mass is 610 g/mol. The van der Waals surface area contributed by atoms with E-state index in [1.807, 2.05) is 43.3 Å². The van der Waals surface area contributed by atoms with E-state index in [0.29, 0.717) is 64.9 Å². The molecule has 45 heavy (non-hydrogen) atoms. The Balaban J connectivity index is 1.50. The zero-order chi connectivity index (χ0) is 31.9. The lowest BCUT2D eigenvalue weighted by atomic mass is 9.91. The number of aliphatic carboxylic acids is 1. The molecule has 10 heteroatoms. The van der Waals surface area contributed by atoms with Crippen molar-refractivity contribution in [3.63, 3.8) is 0 Å². The van der Waals surface area contributed by atoms with Crippen LogP contribution in [-0.2, 0) is 22.6 Å².